The van der Waals surface area contributed by atoms with Crippen molar-refractivity contribution in [3.05, 3.63) is 42.4 Å². The van der Waals surface area contributed by atoms with Gasteiger partial charge in [0.05, 0.1) is 11.9 Å². The zero-order valence-corrected chi connectivity index (χ0v) is 11.0. The molecule has 0 aliphatic carbocycles. The molecular weight excluding hydrogens is 266 g/mol. The van der Waals surface area contributed by atoms with Gasteiger partial charge in [0, 0.05) is 11.9 Å². The fourth-order valence-electron chi connectivity index (χ4n) is 1.45. The maximum Gasteiger partial charge on any atom is 0.265 e. The van der Waals surface area contributed by atoms with Crippen LogP contribution in [0.25, 0.3) is 0 Å². The van der Waals surface area contributed by atoms with Gasteiger partial charge in [0.1, 0.15) is 4.90 Å². The maximum absolute atomic E-state index is 12.2. The van der Waals surface area contributed by atoms with Gasteiger partial charge in [-0.15, -0.1) is 0 Å². The van der Waals surface area contributed by atoms with Crippen molar-refractivity contribution in [2.75, 3.05) is 10.1 Å². The second-order valence-corrected chi connectivity index (χ2v) is 5.44. The zero-order valence-electron chi connectivity index (χ0n) is 10.2. The van der Waals surface area contributed by atoms with Crippen LogP contribution in [0.1, 0.15) is 5.69 Å². The number of rotatable bonds is 4. The van der Waals surface area contributed by atoms with Crippen LogP contribution in [-0.4, -0.2) is 18.4 Å². The SMILES string of the molecule is Cc1ccc(NS(=O)(=O)c2cccnc2NN)cn1. The minimum absolute atomic E-state index is 0.0296. The molecule has 2 aromatic rings. The molecule has 0 aliphatic heterocycles. The quantitative estimate of drug-likeness (QED) is 0.566. The number of anilines is 2. The number of hydrazine groups is 1. The lowest BCUT2D eigenvalue weighted by Gasteiger charge is -2.10. The molecule has 0 spiro atoms. The lowest BCUT2D eigenvalue weighted by Crippen LogP contribution is -2.18. The Labute approximate surface area is 110 Å². The van der Waals surface area contributed by atoms with Crippen molar-refractivity contribution in [3.63, 3.8) is 0 Å². The molecule has 2 heterocycles. The Kier molecular flexibility index (Phi) is 3.63. The van der Waals surface area contributed by atoms with E-state index in [1.165, 1.54) is 24.5 Å². The maximum atomic E-state index is 12.2. The summed E-state index contributed by atoms with van der Waals surface area (Å²) in [5.74, 6) is 5.32. The molecule has 0 atom stereocenters. The standard InChI is InChI=1S/C11H13N5O2S/c1-8-4-5-9(7-14-8)16-19(17,18)10-3-2-6-13-11(10)15-12/h2-7,16H,12H2,1H3,(H,13,15). The summed E-state index contributed by atoms with van der Waals surface area (Å²) < 4.78 is 26.8. The fraction of sp³-hybridized carbons (Fsp3) is 0.0909. The van der Waals surface area contributed by atoms with Crippen molar-refractivity contribution in [1.82, 2.24) is 9.97 Å². The van der Waals surface area contributed by atoms with Crippen LogP contribution in [0.4, 0.5) is 11.5 Å². The number of nitrogens with two attached hydrogens (primary N) is 1. The lowest BCUT2D eigenvalue weighted by molar-refractivity contribution is 0.601. The van der Waals surface area contributed by atoms with Gasteiger partial charge in [0.2, 0.25) is 0 Å². The summed E-state index contributed by atoms with van der Waals surface area (Å²) in [4.78, 5) is 7.84. The largest absolute Gasteiger partial charge is 0.307 e. The van der Waals surface area contributed by atoms with E-state index in [1.54, 1.807) is 12.1 Å². The van der Waals surface area contributed by atoms with E-state index < -0.39 is 10.0 Å². The van der Waals surface area contributed by atoms with Gasteiger partial charge in [-0.05, 0) is 31.2 Å². The van der Waals surface area contributed by atoms with Crippen LogP contribution in [0.5, 0.6) is 0 Å². The van der Waals surface area contributed by atoms with Crippen LogP contribution in [0.3, 0.4) is 0 Å². The summed E-state index contributed by atoms with van der Waals surface area (Å²) in [7, 11) is -3.76. The van der Waals surface area contributed by atoms with E-state index >= 15 is 0 Å². The van der Waals surface area contributed by atoms with Crippen molar-refractivity contribution in [2.45, 2.75) is 11.8 Å². The van der Waals surface area contributed by atoms with Crippen LogP contribution >= 0.6 is 0 Å². The van der Waals surface area contributed by atoms with Gasteiger partial charge in [-0.25, -0.2) is 19.2 Å². The summed E-state index contributed by atoms with van der Waals surface area (Å²) >= 11 is 0. The molecule has 7 nitrogen and oxygen atoms in total. The third-order valence-electron chi connectivity index (χ3n) is 2.36. The van der Waals surface area contributed by atoms with E-state index in [1.807, 2.05) is 6.92 Å². The molecular formula is C11H13N5O2S. The Morgan fingerprint density at radius 1 is 1.21 bits per heavy atom. The van der Waals surface area contributed by atoms with Crippen LogP contribution in [0.2, 0.25) is 0 Å². The first-order valence-electron chi connectivity index (χ1n) is 5.40. The zero-order chi connectivity index (χ0) is 13.9. The molecule has 0 saturated carbocycles. The minimum Gasteiger partial charge on any atom is -0.307 e. The molecule has 0 aromatic carbocycles. The second-order valence-electron chi connectivity index (χ2n) is 3.79. The first kappa shape index (κ1) is 13.2. The average molecular weight is 279 g/mol. The number of nitrogen functional groups attached to an aromatic ring is 1. The molecule has 0 saturated heterocycles. The minimum atomic E-state index is -3.76. The lowest BCUT2D eigenvalue weighted by atomic mass is 10.4. The molecule has 2 rings (SSSR count). The van der Waals surface area contributed by atoms with Gasteiger partial charge in [0.25, 0.3) is 10.0 Å². The summed E-state index contributed by atoms with van der Waals surface area (Å²) in [6.07, 6.45) is 2.89. The number of nitrogens with one attached hydrogen (secondary N) is 2. The van der Waals surface area contributed by atoms with Crippen molar-refractivity contribution in [1.29, 1.82) is 0 Å². The summed E-state index contributed by atoms with van der Waals surface area (Å²) in [6, 6.07) is 6.27. The van der Waals surface area contributed by atoms with Crippen molar-refractivity contribution in [2.24, 2.45) is 5.84 Å². The summed E-state index contributed by atoms with van der Waals surface area (Å²) in [5, 5.41) is 0. The highest BCUT2D eigenvalue weighted by Gasteiger charge is 2.19. The van der Waals surface area contributed by atoms with E-state index in [0.29, 0.717) is 5.69 Å². The van der Waals surface area contributed by atoms with Crippen LogP contribution in [0.15, 0.2) is 41.6 Å². The number of hydrogen-bond donors (Lipinski definition) is 3. The highest BCUT2D eigenvalue weighted by molar-refractivity contribution is 7.92. The van der Waals surface area contributed by atoms with Crippen LogP contribution < -0.4 is 16.0 Å². The van der Waals surface area contributed by atoms with E-state index in [-0.39, 0.29) is 10.7 Å². The molecule has 0 bridgehead atoms. The number of sulfonamides is 1. The van der Waals surface area contributed by atoms with Gasteiger partial charge in [-0.1, -0.05) is 0 Å². The van der Waals surface area contributed by atoms with Gasteiger partial charge < -0.3 is 5.43 Å². The summed E-state index contributed by atoms with van der Waals surface area (Å²) in [5.41, 5.74) is 3.42. The van der Waals surface area contributed by atoms with Crippen LogP contribution in [-0.2, 0) is 10.0 Å². The number of pyridine rings is 2. The average Bonchev–Trinajstić information content (AvgIpc) is 2.41. The monoisotopic (exact) mass is 279 g/mol. The Morgan fingerprint density at radius 3 is 2.63 bits per heavy atom. The smallest absolute Gasteiger partial charge is 0.265 e. The Balaban J connectivity index is 2.35. The van der Waals surface area contributed by atoms with Crippen molar-refractivity contribution in [3.8, 4) is 0 Å². The number of nitrogens with zero attached hydrogens (tertiary/aromatic N) is 2. The predicted molar refractivity (Wildman–Crippen MR) is 71.8 cm³/mol. The van der Waals surface area contributed by atoms with E-state index in [9.17, 15) is 8.42 Å². The summed E-state index contributed by atoms with van der Waals surface area (Å²) in [6.45, 7) is 1.82. The third-order valence-corrected chi connectivity index (χ3v) is 3.77. The number of aromatic nitrogens is 2. The molecule has 0 amide bonds. The number of aryl methyl sites for hydroxylation is 1. The molecule has 19 heavy (non-hydrogen) atoms. The Bertz CT molecular complexity index is 670. The highest BCUT2D eigenvalue weighted by Crippen LogP contribution is 2.20. The molecule has 0 aliphatic rings. The molecule has 0 unspecified atom stereocenters. The highest BCUT2D eigenvalue weighted by atomic mass is 32.2. The van der Waals surface area contributed by atoms with E-state index in [0.717, 1.165) is 5.69 Å². The third kappa shape index (κ3) is 2.98. The molecule has 0 radical (unpaired) electrons. The van der Waals surface area contributed by atoms with Crippen LogP contribution in [0, 0.1) is 6.92 Å². The fourth-order valence-corrected chi connectivity index (χ4v) is 2.62. The van der Waals surface area contributed by atoms with Crippen molar-refractivity contribution < 1.29 is 8.42 Å². The van der Waals surface area contributed by atoms with E-state index in [4.69, 9.17) is 5.84 Å². The topological polar surface area (TPSA) is 110 Å². The Hall–Kier alpha value is -2.19. The predicted octanol–water partition coefficient (Wildman–Crippen LogP) is 0.871. The molecule has 100 valence electrons. The van der Waals surface area contributed by atoms with E-state index in [2.05, 4.69) is 20.1 Å². The second kappa shape index (κ2) is 5.21. The number of hydrogen-bond acceptors (Lipinski definition) is 6. The molecule has 4 N–H and O–H groups in total. The van der Waals surface area contributed by atoms with Gasteiger partial charge >= 0.3 is 0 Å². The normalized spacial score (nSPS) is 11.1. The Morgan fingerprint density at radius 2 is 2.00 bits per heavy atom. The molecule has 2 aromatic heterocycles. The first-order valence-corrected chi connectivity index (χ1v) is 6.88. The van der Waals surface area contributed by atoms with Gasteiger partial charge in [-0.3, -0.25) is 9.71 Å². The molecule has 8 heteroatoms. The molecule has 0 fully saturated rings. The van der Waals surface area contributed by atoms with Gasteiger partial charge in [0.15, 0.2) is 5.82 Å². The van der Waals surface area contributed by atoms with Gasteiger partial charge in [-0.2, -0.15) is 0 Å². The van der Waals surface area contributed by atoms with Crippen molar-refractivity contribution >= 4 is 21.5 Å². The first-order chi connectivity index (χ1) is 9.03.